The summed E-state index contributed by atoms with van der Waals surface area (Å²) in [7, 11) is 0. The lowest BCUT2D eigenvalue weighted by atomic mass is 9.86. The highest BCUT2D eigenvalue weighted by Gasteiger charge is 2.18. The number of nitrogens with zero attached hydrogens (tertiary/aromatic N) is 3. The van der Waals surface area contributed by atoms with Gasteiger partial charge in [0, 0.05) is 17.4 Å². The number of hydrogen-bond acceptors (Lipinski definition) is 5. The third kappa shape index (κ3) is 4.96. The van der Waals surface area contributed by atoms with Crippen molar-refractivity contribution in [2.45, 2.75) is 33.1 Å². The van der Waals surface area contributed by atoms with E-state index in [0.717, 1.165) is 11.3 Å². The molecule has 0 radical (unpaired) electrons. The van der Waals surface area contributed by atoms with E-state index in [-0.39, 0.29) is 17.0 Å². The first-order valence-electron chi connectivity index (χ1n) is 9.30. The molecule has 0 aliphatic heterocycles. The molecule has 0 saturated heterocycles. The summed E-state index contributed by atoms with van der Waals surface area (Å²) in [5, 5.41) is 15.1. The highest BCUT2D eigenvalue weighted by atomic mass is 16.1. The monoisotopic (exact) mass is 385 g/mol. The van der Waals surface area contributed by atoms with Gasteiger partial charge in [0.05, 0.1) is 11.6 Å². The third-order valence-corrected chi connectivity index (χ3v) is 4.32. The quantitative estimate of drug-likeness (QED) is 0.663. The number of para-hydroxylation sites is 1. The number of carbonyl (C=O) groups excluding carboxylic acids is 1. The van der Waals surface area contributed by atoms with Gasteiger partial charge < -0.3 is 10.6 Å². The summed E-state index contributed by atoms with van der Waals surface area (Å²) in [5.41, 5.74) is 3.30. The Balaban J connectivity index is 1.87. The van der Waals surface area contributed by atoms with Crippen LogP contribution in [0.4, 0.5) is 17.2 Å². The van der Waals surface area contributed by atoms with E-state index in [1.54, 1.807) is 37.3 Å². The molecule has 6 nitrogen and oxygen atoms in total. The molecule has 2 N–H and O–H groups in total. The van der Waals surface area contributed by atoms with E-state index in [1.807, 2.05) is 18.2 Å². The van der Waals surface area contributed by atoms with Crippen molar-refractivity contribution in [3.63, 3.8) is 0 Å². The molecule has 29 heavy (non-hydrogen) atoms. The largest absolute Gasteiger partial charge is 0.340 e. The molecule has 0 bridgehead atoms. The lowest BCUT2D eigenvalue weighted by Crippen LogP contribution is -2.16. The zero-order chi connectivity index (χ0) is 21.0. The molecule has 0 unspecified atom stereocenters. The molecule has 6 heteroatoms. The van der Waals surface area contributed by atoms with Crippen LogP contribution in [0.1, 0.15) is 48.2 Å². The van der Waals surface area contributed by atoms with Gasteiger partial charge >= 0.3 is 0 Å². The number of aryl methyl sites for hydroxylation is 1. The topological polar surface area (TPSA) is 90.7 Å². The first-order valence-corrected chi connectivity index (χ1v) is 9.30. The van der Waals surface area contributed by atoms with E-state index in [4.69, 9.17) is 5.26 Å². The molecular formula is C23H23N5O. The van der Waals surface area contributed by atoms with E-state index in [2.05, 4.69) is 53.5 Å². The summed E-state index contributed by atoms with van der Waals surface area (Å²) in [6, 6.07) is 18.5. The maximum atomic E-state index is 12.7. The molecule has 146 valence electrons. The summed E-state index contributed by atoms with van der Waals surface area (Å²) in [5.74, 6) is 0.669. The van der Waals surface area contributed by atoms with Crippen molar-refractivity contribution in [1.29, 1.82) is 5.26 Å². The summed E-state index contributed by atoms with van der Waals surface area (Å²) < 4.78 is 0. The molecule has 1 aromatic heterocycles. The molecule has 0 saturated carbocycles. The first-order chi connectivity index (χ1) is 13.8. The number of nitriles is 1. The van der Waals surface area contributed by atoms with Gasteiger partial charge in [0.15, 0.2) is 0 Å². The third-order valence-electron chi connectivity index (χ3n) is 4.32. The highest BCUT2D eigenvalue weighted by molar-refractivity contribution is 6.03. The number of aromatic nitrogens is 2. The number of amides is 1. The highest BCUT2D eigenvalue weighted by Crippen LogP contribution is 2.31. The number of nitrogens with one attached hydrogen (secondary N) is 2. The molecule has 0 aliphatic rings. The van der Waals surface area contributed by atoms with Crippen molar-refractivity contribution in [2.75, 3.05) is 10.6 Å². The SMILES string of the molecule is Cc1nc(Nc2ccccc2C(C)(C)C)cc(C(=O)Nc2cccc(C#N)c2)n1. The summed E-state index contributed by atoms with van der Waals surface area (Å²) in [6.07, 6.45) is 0. The molecular weight excluding hydrogens is 362 g/mol. The Morgan fingerprint density at radius 3 is 2.52 bits per heavy atom. The molecule has 1 heterocycles. The zero-order valence-corrected chi connectivity index (χ0v) is 16.9. The molecule has 1 amide bonds. The molecule has 0 spiro atoms. The van der Waals surface area contributed by atoms with Gasteiger partial charge in [-0.05, 0) is 42.2 Å². The lowest BCUT2D eigenvalue weighted by Gasteiger charge is -2.23. The van der Waals surface area contributed by atoms with Crippen LogP contribution in [0.2, 0.25) is 0 Å². The van der Waals surface area contributed by atoms with Crippen LogP contribution in [-0.2, 0) is 5.41 Å². The normalized spacial score (nSPS) is 10.9. The van der Waals surface area contributed by atoms with Crippen LogP contribution in [0.15, 0.2) is 54.6 Å². The Morgan fingerprint density at radius 1 is 1.03 bits per heavy atom. The van der Waals surface area contributed by atoms with Crippen molar-refractivity contribution in [2.24, 2.45) is 0 Å². The summed E-state index contributed by atoms with van der Waals surface area (Å²) >= 11 is 0. The van der Waals surface area contributed by atoms with Crippen LogP contribution in [-0.4, -0.2) is 15.9 Å². The van der Waals surface area contributed by atoms with Gasteiger partial charge in [-0.3, -0.25) is 4.79 Å². The second-order valence-corrected chi connectivity index (χ2v) is 7.75. The standard InChI is InChI=1S/C23H23N5O/c1-15-25-20(22(29)27-17-9-7-8-16(12-17)14-24)13-21(26-15)28-19-11-6-5-10-18(19)23(2,3)4/h5-13H,1-4H3,(H,27,29)(H,25,26,28). The number of hydrogen-bond donors (Lipinski definition) is 2. The number of anilines is 3. The first kappa shape index (κ1) is 20.0. The minimum Gasteiger partial charge on any atom is -0.340 e. The van der Waals surface area contributed by atoms with Crippen LogP contribution in [0, 0.1) is 18.3 Å². The second kappa shape index (κ2) is 8.11. The van der Waals surface area contributed by atoms with Crippen molar-refractivity contribution in [3.8, 4) is 6.07 Å². The van der Waals surface area contributed by atoms with Crippen LogP contribution in [0.5, 0.6) is 0 Å². The van der Waals surface area contributed by atoms with Gasteiger partial charge in [0.25, 0.3) is 5.91 Å². The Kier molecular flexibility index (Phi) is 5.60. The number of rotatable bonds is 4. The Hall–Kier alpha value is -3.72. The Labute approximate surface area is 170 Å². The Bertz CT molecular complexity index is 1090. The van der Waals surface area contributed by atoms with Crippen molar-refractivity contribution in [3.05, 3.63) is 77.2 Å². The van der Waals surface area contributed by atoms with Gasteiger partial charge in [-0.1, -0.05) is 45.0 Å². The van der Waals surface area contributed by atoms with Gasteiger partial charge in [0.2, 0.25) is 0 Å². The summed E-state index contributed by atoms with van der Waals surface area (Å²) in [6.45, 7) is 8.18. The van der Waals surface area contributed by atoms with Crippen molar-refractivity contribution >= 4 is 23.1 Å². The van der Waals surface area contributed by atoms with E-state index in [1.165, 1.54) is 0 Å². The van der Waals surface area contributed by atoms with Crippen molar-refractivity contribution < 1.29 is 4.79 Å². The molecule has 0 fully saturated rings. The molecule has 0 aliphatic carbocycles. The van der Waals surface area contributed by atoms with Crippen LogP contribution in [0.25, 0.3) is 0 Å². The fourth-order valence-electron chi connectivity index (χ4n) is 2.99. The van der Waals surface area contributed by atoms with E-state index in [0.29, 0.717) is 22.9 Å². The van der Waals surface area contributed by atoms with Gasteiger partial charge in [-0.15, -0.1) is 0 Å². The molecule has 0 atom stereocenters. The van der Waals surface area contributed by atoms with Crippen LogP contribution < -0.4 is 10.6 Å². The number of benzene rings is 2. The van der Waals surface area contributed by atoms with Gasteiger partial charge in [-0.25, -0.2) is 9.97 Å². The number of carbonyl (C=O) groups is 1. The maximum absolute atomic E-state index is 12.7. The maximum Gasteiger partial charge on any atom is 0.274 e. The van der Waals surface area contributed by atoms with Crippen LogP contribution >= 0.6 is 0 Å². The van der Waals surface area contributed by atoms with E-state index in [9.17, 15) is 4.79 Å². The fraction of sp³-hybridized carbons (Fsp3) is 0.217. The zero-order valence-electron chi connectivity index (χ0n) is 16.9. The molecule has 3 rings (SSSR count). The molecule has 2 aromatic carbocycles. The average molecular weight is 385 g/mol. The van der Waals surface area contributed by atoms with E-state index >= 15 is 0 Å². The lowest BCUT2D eigenvalue weighted by molar-refractivity contribution is 0.102. The average Bonchev–Trinajstić information content (AvgIpc) is 2.67. The minimum absolute atomic E-state index is 0.0440. The fourth-order valence-corrected chi connectivity index (χ4v) is 2.99. The van der Waals surface area contributed by atoms with Crippen LogP contribution in [0.3, 0.4) is 0 Å². The predicted octanol–water partition coefficient (Wildman–Crippen LogP) is 4.95. The van der Waals surface area contributed by atoms with E-state index < -0.39 is 0 Å². The predicted molar refractivity (Wildman–Crippen MR) is 114 cm³/mol. The molecule has 3 aromatic rings. The second-order valence-electron chi connectivity index (χ2n) is 7.75. The van der Waals surface area contributed by atoms with Gasteiger partial charge in [0.1, 0.15) is 17.3 Å². The minimum atomic E-state index is -0.363. The van der Waals surface area contributed by atoms with Gasteiger partial charge in [-0.2, -0.15) is 5.26 Å². The summed E-state index contributed by atoms with van der Waals surface area (Å²) in [4.78, 5) is 21.4. The van der Waals surface area contributed by atoms with Crippen molar-refractivity contribution in [1.82, 2.24) is 9.97 Å². The smallest absolute Gasteiger partial charge is 0.274 e. The Morgan fingerprint density at radius 2 is 1.79 bits per heavy atom.